The molecule has 3 atom stereocenters. The van der Waals surface area contributed by atoms with Crippen molar-refractivity contribution in [2.45, 2.75) is 77.6 Å². The Hall–Kier alpha value is -2.68. The molecule has 1 aromatic heterocycles. The summed E-state index contributed by atoms with van der Waals surface area (Å²) in [7, 11) is 0. The van der Waals surface area contributed by atoms with Gasteiger partial charge in [0.25, 0.3) is 5.92 Å². The fraction of sp³-hybridized carbons (Fsp3) is 0.560. The first-order valence-corrected chi connectivity index (χ1v) is 11.5. The third kappa shape index (κ3) is 6.05. The number of nitrogens with zero attached hydrogens (tertiary/aromatic N) is 3. The lowest BCUT2D eigenvalue weighted by molar-refractivity contribution is -0.132. The number of benzene rings is 1. The van der Waals surface area contributed by atoms with Gasteiger partial charge in [0.15, 0.2) is 11.6 Å². The number of aromatic nitrogens is 2. The molecular weight excluding hydrogens is 445 g/mol. The third-order valence-corrected chi connectivity index (χ3v) is 6.06. The normalized spacial score (nSPS) is 18.7. The lowest BCUT2D eigenvalue weighted by Crippen LogP contribution is -2.39. The van der Waals surface area contributed by atoms with Gasteiger partial charge in [0.2, 0.25) is 5.91 Å². The Morgan fingerprint density at radius 1 is 1.21 bits per heavy atom. The minimum absolute atomic E-state index is 0.0211. The van der Waals surface area contributed by atoms with E-state index in [1.165, 1.54) is 18.5 Å². The Morgan fingerprint density at radius 2 is 1.85 bits per heavy atom. The highest BCUT2D eigenvalue weighted by Crippen LogP contribution is 2.38. The summed E-state index contributed by atoms with van der Waals surface area (Å²) in [5.74, 6) is -4.77. The van der Waals surface area contributed by atoms with E-state index in [1.54, 1.807) is 19.1 Å². The van der Waals surface area contributed by atoms with Gasteiger partial charge in [0, 0.05) is 25.5 Å². The van der Waals surface area contributed by atoms with Crippen molar-refractivity contribution in [3.05, 3.63) is 53.2 Å². The molecule has 0 saturated carbocycles. The van der Waals surface area contributed by atoms with Gasteiger partial charge < -0.3 is 15.4 Å². The minimum atomic E-state index is -2.92. The van der Waals surface area contributed by atoms with Gasteiger partial charge in [-0.2, -0.15) is 0 Å². The zero-order valence-electron chi connectivity index (χ0n) is 20.3. The second-order valence-corrected chi connectivity index (χ2v) is 9.97. The van der Waals surface area contributed by atoms with E-state index in [1.807, 2.05) is 25.7 Å². The number of anilines is 1. The van der Waals surface area contributed by atoms with Crippen LogP contribution in [0.2, 0.25) is 0 Å². The van der Waals surface area contributed by atoms with Crippen molar-refractivity contribution in [1.82, 2.24) is 9.97 Å². The highest BCUT2D eigenvalue weighted by molar-refractivity contribution is 5.77. The van der Waals surface area contributed by atoms with Crippen LogP contribution in [-0.2, 0) is 21.9 Å². The predicted octanol–water partition coefficient (Wildman–Crippen LogP) is 4.92. The van der Waals surface area contributed by atoms with Crippen LogP contribution in [0.15, 0.2) is 30.6 Å². The van der Waals surface area contributed by atoms with Crippen LogP contribution >= 0.6 is 0 Å². The van der Waals surface area contributed by atoms with Crippen molar-refractivity contribution in [2.75, 3.05) is 11.4 Å². The van der Waals surface area contributed by atoms with Crippen LogP contribution < -0.4 is 10.6 Å². The molecule has 1 aromatic carbocycles. The average Bonchev–Trinajstić information content (AvgIpc) is 3.20. The first-order valence-electron chi connectivity index (χ1n) is 11.5. The summed E-state index contributed by atoms with van der Waals surface area (Å²) in [6.07, 6.45) is 2.26. The van der Waals surface area contributed by atoms with E-state index in [4.69, 9.17) is 10.5 Å². The number of nitrogens with two attached hydrogens (primary N) is 1. The molecule has 1 aliphatic rings. The van der Waals surface area contributed by atoms with Crippen molar-refractivity contribution in [1.29, 1.82) is 0 Å². The topological polar surface area (TPSA) is 81.3 Å². The van der Waals surface area contributed by atoms with E-state index in [-0.39, 0.29) is 29.5 Å². The summed E-state index contributed by atoms with van der Waals surface area (Å²) in [4.78, 5) is 22.2. The maximum Gasteiger partial charge on any atom is 0.270 e. The highest BCUT2D eigenvalue weighted by Gasteiger charge is 2.33. The van der Waals surface area contributed by atoms with Crippen molar-refractivity contribution < 1.29 is 22.7 Å². The lowest BCUT2D eigenvalue weighted by Gasteiger charge is -2.30. The van der Waals surface area contributed by atoms with Gasteiger partial charge in [-0.15, -0.1) is 0 Å². The monoisotopic (exact) mass is 478 g/mol. The molecule has 0 radical (unpaired) electrons. The minimum Gasteiger partial charge on any atom is -0.372 e. The zero-order chi connectivity index (χ0) is 25.3. The molecule has 0 spiro atoms. The van der Waals surface area contributed by atoms with Crippen molar-refractivity contribution >= 4 is 11.7 Å². The maximum atomic E-state index is 15.6. The fourth-order valence-electron chi connectivity index (χ4n) is 4.45. The molecule has 6 nitrogen and oxygen atoms in total. The Kier molecular flexibility index (Phi) is 7.55. The van der Waals surface area contributed by atoms with Crippen molar-refractivity contribution in [3.63, 3.8) is 0 Å². The van der Waals surface area contributed by atoms with E-state index >= 15 is 4.39 Å². The number of halogens is 3. The van der Waals surface area contributed by atoms with Gasteiger partial charge in [0.05, 0.1) is 29.4 Å². The molecule has 1 fully saturated rings. The molecule has 9 heteroatoms. The number of ether oxygens (including phenoxy) is 1. The second-order valence-electron chi connectivity index (χ2n) is 9.97. The number of hydrogen-bond donors (Lipinski definition) is 1. The molecule has 0 bridgehead atoms. The van der Waals surface area contributed by atoms with Gasteiger partial charge in [0.1, 0.15) is 6.33 Å². The van der Waals surface area contributed by atoms with E-state index in [2.05, 4.69) is 9.97 Å². The maximum absolute atomic E-state index is 15.6. The molecule has 3 unspecified atom stereocenters. The Morgan fingerprint density at radius 3 is 2.41 bits per heavy atom. The molecule has 2 N–H and O–H groups in total. The third-order valence-electron chi connectivity index (χ3n) is 6.06. The molecule has 1 aliphatic heterocycles. The van der Waals surface area contributed by atoms with Crippen molar-refractivity contribution in [2.24, 2.45) is 11.7 Å². The number of rotatable bonds is 8. The summed E-state index contributed by atoms with van der Waals surface area (Å²) in [6, 6.07) is 5.92. The van der Waals surface area contributed by atoms with Crippen LogP contribution in [0.25, 0.3) is 0 Å². The quantitative estimate of drug-likeness (QED) is 0.583. The van der Waals surface area contributed by atoms with Crippen LogP contribution in [0.1, 0.15) is 70.3 Å². The van der Waals surface area contributed by atoms with Gasteiger partial charge in [-0.1, -0.05) is 24.3 Å². The summed E-state index contributed by atoms with van der Waals surface area (Å²) >= 11 is 0. The standard InChI is InChI=1S/C25H33F3N4O2/c1-15(34-24(2,3)4)18(22(29)33)13-19-21(26)23(31-14-30-19)32-12-6-7-20(32)16-8-10-17(11-9-16)25(5,27)28/h8-11,14-15,18,20H,6-7,12-13H2,1-5H3,(H2,29,33). The molecular formula is C25H33F3N4O2. The highest BCUT2D eigenvalue weighted by atomic mass is 19.3. The summed E-state index contributed by atoms with van der Waals surface area (Å²) in [5, 5.41) is 0. The van der Waals surface area contributed by atoms with Crippen LogP contribution in [-0.4, -0.2) is 34.1 Å². The molecule has 1 saturated heterocycles. The zero-order valence-corrected chi connectivity index (χ0v) is 20.3. The fourth-order valence-corrected chi connectivity index (χ4v) is 4.45. The van der Waals surface area contributed by atoms with Crippen LogP contribution in [0.5, 0.6) is 0 Å². The van der Waals surface area contributed by atoms with E-state index in [0.717, 1.165) is 25.3 Å². The number of alkyl halides is 2. The molecule has 2 aromatic rings. The molecule has 3 rings (SSSR count). The number of carbonyl (C=O) groups excluding carboxylic acids is 1. The summed E-state index contributed by atoms with van der Waals surface area (Å²) in [5.41, 5.74) is 5.94. The Labute approximate surface area is 198 Å². The van der Waals surface area contributed by atoms with Crippen molar-refractivity contribution in [3.8, 4) is 0 Å². The predicted molar refractivity (Wildman–Crippen MR) is 124 cm³/mol. The number of amides is 1. The molecule has 0 aliphatic carbocycles. The molecule has 34 heavy (non-hydrogen) atoms. The first-order chi connectivity index (χ1) is 15.8. The van der Waals surface area contributed by atoms with E-state index in [9.17, 15) is 13.6 Å². The molecule has 1 amide bonds. The number of primary amides is 1. The second kappa shape index (κ2) is 9.90. The molecule has 186 valence electrons. The lowest BCUT2D eigenvalue weighted by atomic mass is 9.95. The largest absolute Gasteiger partial charge is 0.372 e. The summed E-state index contributed by atoms with van der Waals surface area (Å²) < 4.78 is 48.7. The van der Waals surface area contributed by atoms with E-state index in [0.29, 0.717) is 6.54 Å². The van der Waals surface area contributed by atoms with Crippen LogP contribution in [0.3, 0.4) is 0 Å². The Balaban J connectivity index is 1.86. The Bertz CT molecular complexity index is 1000. The van der Waals surface area contributed by atoms with Gasteiger partial charge in [-0.05, 0) is 46.1 Å². The summed E-state index contributed by atoms with van der Waals surface area (Å²) in [6.45, 7) is 8.76. The number of carbonyl (C=O) groups is 1. The SMILES string of the molecule is CC(OC(C)(C)C)C(Cc1ncnc(N2CCCC2c2ccc(C(C)(F)F)cc2)c1F)C(N)=O. The van der Waals surface area contributed by atoms with Gasteiger partial charge in [-0.25, -0.2) is 23.1 Å². The van der Waals surface area contributed by atoms with Gasteiger partial charge >= 0.3 is 0 Å². The first kappa shape index (κ1) is 25.9. The van der Waals surface area contributed by atoms with Crippen LogP contribution in [0.4, 0.5) is 19.0 Å². The number of hydrogen-bond acceptors (Lipinski definition) is 5. The average molecular weight is 479 g/mol. The van der Waals surface area contributed by atoms with Gasteiger partial charge in [-0.3, -0.25) is 4.79 Å². The van der Waals surface area contributed by atoms with E-state index < -0.39 is 35.3 Å². The van der Waals surface area contributed by atoms with Crippen LogP contribution in [0, 0.1) is 11.7 Å². The smallest absolute Gasteiger partial charge is 0.270 e. The molecule has 2 heterocycles.